The summed E-state index contributed by atoms with van der Waals surface area (Å²) in [6, 6.07) is 0.916. The minimum Gasteiger partial charge on any atom is -0.444 e. The van der Waals surface area contributed by atoms with Gasteiger partial charge in [0.15, 0.2) is 0 Å². The van der Waals surface area contributed by atoms with Crippen LogP contribution in [0.5, 0.6) is 0 Å². The summed E-state index contributed by atoms with van der Waals surface area (Å²) < 4.78 is 5.60. The van der Waals surface area contributed by atoms with Crippen LogP contribution in [0.1, 0.15) is 79.6 Å². The van der Waals surface area contributed by atoms with Gasteiger partial charge in [0.2, 0.25) is 0 Å². The minimum atomic E-state index is -0.415. The maximum atomic E-state index is 12.5. The molecule has 140 valence electrons. The normalized spacial score (nSPS) is 28.9. The Labute approximate surface area is 148 Å². The fraction of sp³-hybridized carbons (Fsp3) is 0.950. The van der Waals surface area contributed by atoms with Crippen molar-refractivity contribution in [3.63, 3.8) is 0 Å². The second-order valence-corrected chi connectivity index (χ2v) is 9.09. The summed E-state index contributed by atoms with van der Waals surface area (Å²) in [4.78, 5) is 14.4. The van der Waals surface area contributed by atoms with E-state index < -0.39 is 5.60 Å². The molecule has 1 heterocycles. The zero-order chi connectivity index (χ0) is 17.7. The standard InChI is InChI=1S/C20H38N2O2/c1-15(2)16-9-11-17(12-10-16)21-14-18-8-6-7-13-22(18)19(23)24-20(3,4)5/h15-18,21H,6-14H2,1-5H3/t16?,17?,18-/m1/s1. The number of piperidine rings is 1. The van der Waals surface area contributed by atoms with Gasteiger partial charge in [-0.25, -0.2) is 4.79 Å². The van der Waals surface area contributed by atoms with Gasteiger partial charge in [-0.05, 0) is 77.6 Å². The van der Waals surface area contributed by atoms with Crippen LogP contribution in [0.3, 0.4) is 0 Å². The lowest BCUT2D eigenvalue weighted by Gasteiger charge is -2.38. The van der Waals surface area contributed by atoms with Gasteiger partial charge in [0.1, 0.15) is 5.60 Å². The van der Waals surface area contributed by atoms with Gasteiger partial charge in [0.05, 0.1) is 0 Å². The summed E-state index contributed by atoms with van der Waals surface area (Å²) in [6.07, 6.45) is 8.50. The molecule has 0 aromatic rings. The largest absolute Gasteiger partial charge is 0.444 e. The van der Waals surface area contributed by atoms with Crippen LogP contribution in [-0.2, 0) is 4.74 Å². The van der Waals surface area contributed by atoms with E-state index in [4.69, 9.17) is 4.74 Å². The summed E-state index contributed by atoms with van der Waals surface area (Å²) in [5.41, 5.74) is -0.415. The van der Waals surface area contributed by atoms with Crippen molar-refractivity contribution in [3.8, 4) is 0 Å². The third-order valence-electron chi connectivity index (χ3n) is 5.61. The highest BCUT2D eigenvalue weighted by atomic mass is 16.6. The third kappa shape index (κ3) is 5.94. The highest BCUT2D eigenvalue weighted by Gasteiger charge is 2.31. The zero-order valence-electron chi connectivity index (χ0n) is 16.4. The Hall–Kier alpha value is -0.770. The molecule has 2 rings (SSSR count). The average Bonchev–Trinajstić information content (AvgIpc) is 2.52. The Bertz CT molecular complexity index is 395. The van der Waals surface area contributed by atoms with Gasteiger partial charge < -0.3 is 15.0 Å². The topological polar surface area (TPSA) is 41.6 Å². The first-order valence-corrected chi connectivity index (χ1v) is 9.99. The number of carbonyl (C=O) groups is 1. The van der Waals surface area contributed by atoms with E-state index in [1.165, 1.54) is 32.1 Å². The number of likely N-dealkylation sites (tertiary alicyclic amines) is 1. The van der Waals surface area contributed by atoms with Crippen molar-refractivity contribution in [1.29, 1.82) is 0 Å². The molecule has 2 aliphatic rings. The molecule has 1 saturated carbocycles. The number of amides is 1. The van der Waals surface area contributed by atoms with Crippen LogP contribution in [0.4, 0.5) is 4.79 Å². The second kappa shape index (κ2) is 8.55. The van der Waals surface area contributed by atoms with Gasteiger partial charge in [-0.15, -0.1) is 0 Å². The number of hydrogen-bond acceptors (Lipinski definition) is 3. The number of rotatable bonds is 4. The second-order valence-electron chi connectivity index (χ2n) is 9.09. The van der Waals surface area contributed by atoms with Crippen LogP contribution in [-0.4, -0.2) is 41.8 Å². The van der Waals surface area contributed by atoms with Crippen molar-refractivity contribution in [2.24, 2.45) is 11.8 Å². The molecule has 2 fully saturated rings. The molecule has 1 amide bonds. The quantitative estimate of drug-likeness (QED) is 0.816. The molecular weight excluding hydrogens is 300 g/mol. The van der Waals surface area contributed by atoms with E-state index >= 15 is 0 Å². The molecule has 1 aliphatic carbocycles. The molecule has 1 saturated heterocycles. The molecule has 0 aromatic heterocycles. The molecule has 0 spiro atoms. The Morgan fingerprint density at radius 3 is 2.38 bits per heavy atom. The van der Waals surface area contributed by atoms with E-state index in [0.29, 0.717) is 6.04 Å². The van der Waals surface area contributed by atoms with Crippen LogP contribution in [0.2, 0.25) is 0 Å². The maximum absolute atomic E-state index is 12.5. The smallest absolute Gasteiger partial charge is 0.410 e. The highest BCUT2D eigenvalue weighted by molar-refractivity contribution is 5.68. The predicted octanol–water partition coefficient (Wildman–Crippen LogP) is 4.58. The van der Waals surface area contributed by atoms with Gasteiger partial charge in [-0.1, -0.05) is 13.8 Å². The van der Waals surface area contributed by atoms with Gasteiger partial charge in [-0.3, -0.25) is 0 Å². The van der Waals surface area contributed by atoms with Crippen molar-refractivity contribution in [3.05, 3.63) is 0 Å². The minimum absolute atomic E-state index is 0.141. The monoisotopic (exact) mass is 338 g/mol. The Morgan fingerprint density at radius 2 is 1.79 bits per heavy atom. The summed E-state index contributed by atoms with van der Waals surface area (Å²) >= 11 is 0. The fourth-order valence-corrected chi connectivity index (χ4v) is 4.07. The lowest BCUT2D eigenvalue weighted by atomic mass is 9.79. The van der Waals surface area contributed by atoms with Crippen LogP contribution in [0, 0.1) is 11.8 Å². The molecule has 0 unspecified atom stereocenters. The van der Waals surface area contributed by atoms with E-state index in [9.17, 15) is 4.79 Å². The van der Waals surface area contributed by atoms with E-state index in [-0.39, 0.29) is 12.1 Å². The van der Waals surface area contributed by atoms with Gasteiger partial charge in [0, 0.05) is 25.2 Å². The van der Waals surface area contributed by atoms with Gasteiger partial charge >= 0.3 is 6.09 Å². The van der Waals surface area contributed by atoms with E-state index in [2.05, 4.69) is 19.2 Å². The molecule has 1 atom stereocenters. The molecule has 1 aliphatic heterocycles. The molecule has 4 nitrogen and oxygen atoms in total. The van der Waals surface area contributed by atoms with Crippen molar-refractivity contribution < 1.29 is 9.53 Å². The summed E-state index contributed by atoms with van der Waals surface area (Å²) in [7, 11) is 0. The highest BCUT2D eigenvalue weighted by Crippen LogP contribution is 2.30. The maximum Gasteiger partial charge on any atom is 0.410 e. The molecular formula is C20H38N2O2. The van der Waals surface area contributed by atoms with Crippen molar-refractivity contribution >= 4 is 6.09 Å². The van der Waals surface area contributed by atoms with Crippen LogP contribution in [0.25, 0.3) is 0 Å². The average molecular weight is 339 g/mol. The zero-order valence-corrected chi connectivity index (χ0v) is 16.4. The SMILES string of the molecule is CC(C)C1CCC(NC[C@H]2CCCCN2C(=O)OC(C)(C)C)CC1. The van der Waals surface area contributed by atoms with Crippen molar-refractivity contribution in [2.45, 2.75) is 97.2 Å². The number of hydrogen-bond donors (Lipinski definition) is 1. The molecule has 0 bridgehead atoms. The summed E-state index contributed by atoms with van der Waals surface area (Å²) in [5.74, 6) is 1.71. The van der Waals surface area contributed by atoms with E-state index in [1.54, 1.807) is 0 Å². The summed E-state index contributed by atoms with van der Waals surface area (Å²) in [5, 5.41) is 3.75. The van der Waals surface area contributed by atoms with E-state index in [1.807, 2.05) is 25.7 Å². The van der Waals surface area contributed by atoms with Crippen molar-refractivity contribution in [2.75, 3.05) is 13.1 Å². The Kier molecular flexibility index (Phi) is 6.97. The lowest BCUT2D eigenvalue weighted by molar-refractivity contribution is 0.00942. The number of nitrogens with one attached hydrogen (secondary N) is 1. The van der Waals surface area contributed by atoms with Gasteiger partial charge in [-0.2, -0.15) is 0 Å². The third-order valence-corrected chi connectivity index (χ3v) is 5.61. The van der Waals surface area contributed by atoms with Crippen LogP contribution in [0.15, 0.2) is 0 Å². The summed E-state index contributed by atoms with van der Waals surface area (Å²) in [6.45, 7) is 12.3. The van der Waals surface area contributed by atoms with E-state index in [0.717, 1.165) is 37.8 Å². The van der Waals surface area contributed by atoms with Crippen LogP contribution >= 0.6 is 0 Å². The Balaban J connectivity index is 1.80. The first-order valence-electron chi connectivity index (χ1n) is 9.99. The van der Waals surface area contributed by atoms with Crippen LogP contribution < -0.4 is 5.32 Å². The number of carbonyl (C=O) groups excluding carboxylic acids is 1. The van der Waals surface area contributed by atoms with Crippen molar-refractivity contribution in [1.82, 2.24) is 10.2 Å². The molecule has 0 radical (unpaired) electrons. The Morgan fingerprint density at radius 1 is 1.12 bits per heavy atom. The molecule has 24 heavy (non-hydrogen) atoms. The predicted molar refractivity (Wildman–Crippen MR) is 99.2 cm³/mol. The lowest BCUT2D eigenvalue weighted by Crippen LogP contribution is -2.51. The first kappa shape index (κ1) is 19.6. The molecule has 0 aromatic carbocycles. The first-order chi connectivity index (χ1) is 11.3. The molecule has 4 heteroatoms. The number of ether oxygens (including phenoxy) is 1. The van der Waals surface area contributed by atoms with Gasteiger partial charge in [0.25, 0.3) is 0 Å². The fourth-order valence-electron chi connectivity index (χ4n) is 4.07. The molecule has 1 N–H and O–H groups in total. The number of nitrogens with zero attached hydrogens (tertiary/aromatic N) is 1.